The van der Waals surface area contributed by atoms with Crippen molar-refractivity contribution in [1.82, 2.24) is 15.2 Å². The largest absolute Gasteiger partial charge is 0.493 e. The van der Waals surface area contributed by atoms with Crippen LogP contribution in [0, 0.1) is 5.92 Å². The van der Waals surface area contributed by atoms with E-state index in [1.165, 1.54) is 5.01 Å². The first-order chi connectivity index (χ1) is 17.3. The molecule has 0 radical (unpaired) electrons. The number of carbonyl (C=O) groups excluding carboxylic acids is 2. The van der Waals surface area contributed by atoms with Crippen molar-refractivity contribution in [3.05, 3.63) is 53.1 Å². The second-order valence-corrected chi connectivity index (χ2v) is 9.41. The first-order valence-electron chi connectivity index (χ1n) is 12.3. The Morgan fingerprint density at radius 3 is 2.28 bits per heavy atom. The van der Waals surface area contributed by atoms with E-state index in [1.54, 1.807) is 21.3 Å². The van der Waals surface area contributed by atoms with Crippen LogP contribution in [-0.4, -0.2) is 75.0 Å². The molecular formula is C27H35N5O4. The van der Waals surface area contributed by atoms with Crippen molar-refractivity contribution in [1.29, 1.82) is 0 Å². The van der Waals surface area contributed by atoms with Crippen LogP contribution >= 0.6 is 0 Å². The van der Waals surface area contributed by atoms with Gasteiger partial charge in [-0.3, -0.25) is 4.79 Å². The molecule has 1 atom stereocenters. The predicted octanol–water partition coefficient (Wildman–Crippen LogP) is 3.32. The molecule has 0 aliphatic carbocycles. The quantitative estimate of drug-likeness (QED) is 0.666. The van der Waals surface area contributed by atoms with Gasteiger partial charge in [-0.2, -0.15) is 5.10 Å². The Morgan fingerprint density at radius 2 is 1.67 bits per heavy atom. The van der Waals surface area contributed by atoms with Crippen LogP contribution in [0.3, 0.4) is 0 Å². The summed E-state index contributed by atoms with van der Waals surface area (Å²) < 4.78 is 11.1. The number of fused-ring (bicyclic) bond motifs is 1. The van der Waals surface area contributed by atoms with Gasteiger partial charge in [-0.1, -0.05) is 12.1 Å². The molecule has 2 aromatic rings. The zero-order chi connectivity index (χ0) is 25.8. The maximum Gasteiger partial charge on any atom is 0.337 e. The topological polar surface area (TPSA) is 95.5 Å². The summed E-state index contributed by atoms with van der Waals surface area (Å²) in [6, 6.07) is 11.0. The van der Waals surface area contributed by atoms with Crippen LogP contribution in [0.2, 0.25) is 0 Å². The summed E-state index contributed by atoms with van der Waals surface area (Å²) in [5, 5.41) is 12.0. The van der Waals surface area contributed by atoms with E-state index in [0.29, 0.717) is 23.6 Å². The molecule has 2 aromatic carbocycles. The number of nitrogens with one attached hydrogen (secondary N) is 2. The van der Waals surface area contributed by atoms with Crippen LogP contribution in [0.25, 0.3) is 0 Å². The average Bonchev–Trinajstić information content (AvgIpc) is 3.03. The van der Waals surface area contributed by atoms with E-state index in [2.05, 4.69) is 22.6 Å². The number of hydrazone groups is 1. The van der Waals surface area contributed by atoms with Gasteiger partial charge in [0.25, 0.3) is 0 Å². The molecule has 0 spiro atoms. The van der Waals surface area contributed by atoms with Gasteiger partial charge in [0, 0.05) is 29.8 Å². The van der Waals surface area contributed by atoms with Crippen LogP contribution < -0.4 is 20.1 Å². The lowest BCUT2D eigenvalue weighted by molar-refractivity contribution is -0.121. The van der Waals surface area contributed by atoms with E-state index in [9.17, 15) is 9.59 Å². The molecule has 9 heteroatoms. The second kappa shape index (κ2) is 11.0. The highest BCUT2D eigenvalue weighted by atomic mass is 16.5. The van der Waals surface area contributed by atoms with E-state index in [0.717, 1.165) is 48.3 Å². The molecule has 1 saturated heterocycles. The van der Waals surface area contributed by atoms with Crippen LogP contribution in [0.15, 0.2) is 41.5 Å². The van der Waals surface area contributed by atoms with Gasteiger partial charge in [0.1, 0.15) is 0 Å². The van der Waals surface area contributed by atoms with Gasteiger partial charge in [-0.25, -0.2) is 9.80 Å². The van der Waals surface area contributed by atoms with E-state index >= 15 is 0 Å². The fourth-order valence-corrected chi connectivity index (χ4v) is 4.78. The van der Waals surface area contributed by atoms with Gasteiger partial charge in [0.05, 0.1) is 26.0 Å². The van der Waals surface area contributed by atoms with Crippen molar-refractivity contribution in [2.45, 2.75) is 32.2 Å². The smallest absolute Gasteiger partial charge is 0.337 e. The lowest BCUT2D eigenvalue weighted by atomic mass is 9.93. The fourth-order valence-electron chi connectivity index (χ4n) is 4.78. The van der Waals surface area contributed by atoms with Crippen molar-refractivity contribution >= 4 is 23.3 Å². The summed E-state index contributed by atoms with van der Waals surface area (Å²) in [4.78, 5) is 27.7. The summed E-state index contributed by atoms with van der Waals surface area (Å²) in [5.74, 6) is 1.31. The summed E-state index contributed by atoms with van der Waals surface area (Å²) in [6.45, 7) is 3.83. The van der Waals surface area contributed by atoms with Crippen LogP contribution in [0.5, 0.6) is 11.5 Å². The van der Waals surface area contributed by atoms with E-state index in [1.807, 2.05) is 43.3 Å². The van der Waals surface area contributed by atoms with Gasteiger partial charge in [0.2, 0.25) is 5.91 Å². The SMILES string of the molecule is CNC(=O)N1N=C(c2ccc(NC(=O)C3CCN(C)CC3)cc2)c2cc(OC)c(OC)cc2CC1C. The number of benzene rings is 2. The summed E-state index contributed by atoms with van der Waals surface area (Å²) >= 11 is 0. The van der Waals surface area contributed by atoms with Crippen molar-refractivity contribution in [2.24, 2.45) is 11.0 Å². The monoisotopic (exact) mass is 493 g/mol. The van der Waals surface area contributed by atoms with Crippen LogP contribution in [0.1, 0.15) is 36.5 Å². The molecule has 1 unspecified atom stereocenters. The molecule has 36 heavy (non-hydrogen) atoms. The maximum atomic E-state index is 12.8. The number of urea groups is 1. The number of piperidine rings is 1. The number of likely N-dealkylation sites (tertiary alicyclic amines) is 1. The summed E-state index contributed by atoms with van der Waals surface area (Å²) in [7, 11) is 6.88. The van der Waals surface area contributed by atoms with Crippen LogP contribution in [-0.2, 0) is 11.2 Å². The fraction of sp³-hybridized carbons (Fsp3) is 0.444. The molecular weight excluding hydrogens is 458 g/mol. The minimum atomic E-state index is -0.284. The number of rotatable bonds is 5. The minimum Gasteiger partial charge on any atom is -0.493 e. The Morgan fingerprint density at radius 1 is 1.03 bits per heavy atom. The van der Waals surface area contributed by atoms with Gasteiger partial charge in [-0.15, -0.1) is 0 Å². The number of anilines is 1. The molecule has 2 N–H and O–H groups in total. The summed E-state index contributed by atoms with van der Waals surface area (Å²) in [6.07, 6.45) is 2.33. The molecule has 9 nitrogen and oxygen atoms in total. The third kappa shape index (κ3) is 5.31. The number of methoxy groups -OCH3 is 2. The first kappa shape index (κ1) is 25.5. The highest BCUT2D eigenvalue weighted by molar-refractivity contribution is 6.14. The van der Waals surface area contributed by atoms with E-state index in [-0.39, 0.29) is 23.9 Å². The zero-order valence-corrected chi connectivity index (χ0v) is 21.6. The van der Waals surface area contributed by atoms with Crippen molar-refractivity contribution < 1.29 is 19.1 Å². The lowest BCUT2D eigenvalue weighted by Gasteiger charge is -2.28. The Labute approximate surface area is 212 Å². The van der Waals surface area contributed by atoms with Crippen molar-refractivity contribution in [3.8, 4) is 11.5 Å². The third-order valence-corrected chi connectivity index (χ3v) is 6.94. The molecule has 3 amide bonds. The molecule has 0 saturated carbocycles. The van der Waals surface area contributed by atoms with Gasteiger partial charge in [0.15, 0.2) is 11.5 Å². The third-order valence-electron chi connectivity index (χ3n) is 6.94. The molecule has 4 rings (SSSR count). The Hall–Kier alpha value is -3.59. The lowest BCUT2D eigenvalue weighted by Crippen LogP contribution is -2.41. The van der Waals surface area contributed by atoms with Gasteiger partial charge < -0.3 is 25.0 Å². The summed E-state index contributed by atoms with van der Waals surface area (Å²) in [5.41, 5.74) is 4.08. The average molecular weight is 494 g/mol. The second-order valence-electron chi connectivity index (χ2n) is 9.41. The molecule has 2 aliphatic rings. The van der Waals surface area contributed by atoms with Crippen molar-refractivity contribution in [2.75, 3.05) is 46.7 Å². The Balaban J connectivity index is 1.67. The molecule has 0 aromatic heterocycles. The minimum absolute atomic E-state index is 0.0315. The predicted molar refractivity (Wildman–Crippen MR) is 140 cm³/mol. The van der Waals surface area contributed by atoms with Gasteiger partial charge >= 0.3 is 6.03 Å². The molecule has 2 heterocycles. The zero-order valence-electron chi connectivity index (χ0n) is 21.6. The highest BCUT2D eigenvalue weighted by Crippen LogP contribution is 2.34. The molecule has 2 aliphatic heterocycles. The maximum absolute atomic E-state index is 12.8. The number of ether oxygens (including phenoxy) is 2. The molecule has 1 fully saturated rings. The number of carbonyl (C=O) groups is 2. The van der Waals surface area contributed by atoms with Gasteiger partial charge in [-0.05, 0) is 76.2 Å². The molecule has 192 valence electrons. The Bertz CT molecular complexity index is 1140. The van der Waals surface area contributed by atoms with Crippen LogP contribution in [0.4, 0.5) is 10.5 Å². The standard InChI is InChI=1S/C27H35N5O4/c1-17-14-20-15-23(35-4)24(36-5)16-22(20)25(30-32(17)27(34)28-2)18-6-8-21(9-7-18)29-26(33)19-10-12-31(3)13-11-19/h6-9,15-17,19H,10-14H2,1-5H3,(H,28,34)(H,29,33). The normalized spacial score (nSPS) is 18.5. The highest BCUT2D eigenvalue weighted by Gasteiger charge is 2.28. The first-order valence-corrected chi connectivity index (χ1v) is 12.3. The van der Waals surface area contributed by atoms with E-state index < -0.39 is 0 Å². The number of hydrogen-bond donors (Lipinski definition) is 2. The Kier molecular flexibility index (Phi) is 7.79. The molecule has 0 bridgehead atoms. The number of amides is 3. The number of nitrogens with zero attached hydrogens (tertiary/aromatic N) is 3. The van der Waals surface area contributed by atoms with E-state index in [4.69, 9.17) is 14.6 Å². The number of hydrogen-bond acceptors (Lipinski definition) is 6. The van der Waals surface area contributed by atoms with Crippen molar-refractivity contribution in [3.63, 3.8) is 0 Å².